The predicted octanol–water partition coefficient (Wildman–Crippen LogP) is 2.36. The van der Waals surface area contributed by atoms with Crippen molar-refractivity contribution in [3.63, 3.8) is 0 Å². The molecule has 0 bridgehead atoms. The summed E-state index contributed by atoms with van der Waals surface area (Å²) in [6.45, 7) is 1.52. The molecule has 0 radical (unpaired) electrons. The van der Waals surface area contributed by atoms with E-state index in [4.69, 9.17) is 16.0 Å². The van der Waals surface area contributed by atoms with Crippen molar-refractivity contribution in [3.05, 3.63) is 84.5 Å². The number of H-pyrrole nitrogens is 1. The van der Waals surface area contributed by atoms with Gasteiger partial charge in [0.25, 0.3) is 5.56 Å². The van der Waals surface area contributed by atoms with Gasteiger partial charge in [0.05, 0.1) is 16.8 Å². The average molecular weight is 398 g/mol. The smallest absolute Gasteiger partial charge is 0.349 e. The van der Waals surface area contributed by atoms with Crippen molar-refractivity contribution in [1.29, 1.82) is 0 Å². The molecule has 0 amide bonds. The van der Waals surface area contributed by atoms with Gasteiger partial charge in [-0.3, -0.25) is 9.78 Å². The van der Waals surface area contributed by atoms with Crippen LogP contribution in [0.2, 0.25) is 5.02 Å². The number of aryl methyl sites for hydroxylation is 1. The lowest BCUT2D eigenvalue weighted by molar-refractivity contribution is 0.438. The molecular formula is C19H12ClN3O5. The minimum atomic E-state index is -0.783. The summed E-state index contributed by atoms with van der Waals surface area (Å²) in [7, 11) is 0. The molecule has 28 heavy (non-hydrogen) atoms. The standard InChI is InChI=1S/C19H12ClN3O5/c1-9-8-14(24)15(18(26)28-9)13-7-6-12-16(21-13)23(19(27)22-17(12)25)11-4-2-10(20)3-5-11/h2-8,24H,1H3,(H,22,25,27). The van der Waals surface area contributed by atoms with E-state index in [0.29, 0.717) is 10.7 Å². The van der Waals surface area contributed by atoms with Crippen LogP contribution in [0.5, 0.6) is 5.75 Å². The van der Waals surface area contributed by atoms with Gasteiger partial charge in [0.2, 0.25) is 0 Å². The molecule has 3 heterocycles. The first-order valence-electron chi connectivity index (χ1n) is 8.11. The Bertz CT molecular complexity index is 1400. The Morgan fingerprint density at radius 1 is 1.11 bits per heavy atom. The van der Waals surface area contributed by atoms with Gasteiger partial charge in [0, 0.05) is 11.1 Å². The Hall–Kier alpha value is -3.65. The first-order valence-corrected chi connectivity index (χ1v) is 8.49. The zero-order valence-corrected chi connectivity index (χ0v) is 15.1. The molecule has 3 aromatic heterocycles. The van der Waals surface area contributed by atoms with Crippen molar-refractivity contribution in [3.8, 4) is 22.7 Å². The normalized spacial score (nSPS) is 11.1. The summed E-state index contributed by atoms with van der Waals surface area (Å²) >= 11 is 5.90. The lowest BCUT2D eigenvalue weighted by atomic mass is 10.1. The van der Waals surface area contributed by atoms with Gasteiger partial charge < -0.3 is 9.52 Å². The monoisotopic (exact) mass is 397 g/mol. The van der Waals surface area contributed by atoms with Gasteiger partial charge in [-0.1, -0.05) is 11.6 Å². The zero-order chi connectivity index (χ0) is 20.0. The van der Waals surface area contributed by atoms with E-state index in [1.165, 1.54) is 29.7 Å². The zero-order valence-electron chi connectivity index (χ0n) is 14.4. The van der Waals surface area contributed by atoms with Crippen LogP contribution in [0.15, 0.2) is 61.3 Å². The fourth-order valence-corrected chi connectivity index (χ4v) is 3.04. The largest absolute Gasteiger partial charge is 0.507 e. The molecule has 0 atom stereocenters. The third-order valence-electron chi connectivity index (χ3n) is 4.15. The summed E-state index contributed by atoms with van der Waals surface area (Å²) in [5.41, 5.74) is -1.77. The second-order valence-electron chi connectivity index (χ2n) is 6.04. The lowest BCUT2D eigenvalue weighted by Crippen LogP contribution is -2.30. The van der Waals surface area contributed by atoms with Crippen molar-refractivity contribution in [2.24, 2.45) is 0 Å². The highest BCUT2D eigenvalue weighted by Gasteiger charge is 2.17. The molecule has 0 spiro atoms. The number of pyridine rings is 1. The van der Waals surface area contributed by atoms with Crippen LogP contribution in [-0.2, 0) is 0 Å². The van der Waals surface area contributed by atoms with Gasteiger partial charge in [-0.25, -0.2) is 19.1 Å². The minimum Gasteiger partial charge on any atom is -0.507 e. The maximum atomic E-state index is 12.5. The third kappa shape index (κ3) is 2.89. The molecule has 0 unspecified atom stereocenters. The Kier molecular flexibility index (Phi) is 4.12. The number of hydrogen-bond donors (Lipinski definition) is 2. The molecule has 0 aliphatic heterocycles. The van der Waals surface area contributed by atoms with Crippen LogP contribution in [0.25, 0.3) is 28.0 Å². The molecule has 0 saturated carbocycles. The van der Waals surface area contributed by atoms with E-state index in [1.54, 1.807) is 24.3 Å². The Labute approximate surface area is 161 Å². The highest BCUT2D eigenvalue weighted by Crippen LogP contribution is 2.26. The number of fused-ring (bicyclic) bond motifs is 1. The predicted molar refractivity (Wildman–Crippen MR) is 103 cm³/mol. The third-order valence-corrected chi connectivity index (χ3v) is 4.40. The van der Waals surface area contributed by atoms with Crippen LogP contribution in [0.4, 0.5) is 0 Å². The molecule has 0 aliphatic rings. The minimum absolute atomic E-state index is 0.0212. The van der Waals surface area contributed by atoms with Gasteiger partial charge in [-0.2, -0.15) is 0 Å². The summed E-state index contributed by atoms with van der Waals surface area (Å²) in [5.74, 6) is -0.0765. The summed E-state index contributed by atoms with van der Waals surface area (Å²) < 4.78 is 6.21. The maximum absolute atomic E-state index is 12.5. The van der Waals surface area contributed by atoms with Gasteiger partial charge in [-0.05, 0) is 43.3 Å². The number of nitrogens with zero attached hydrogens (tertiary/aromatic N) is 2. The van der Waals surface area contributed by atoms with Crippen LogP contribution < -0.4 is 16.9 Å². The second kappa shape index (κ2) is 6.50. The van der Waals surface area contributed by atoms with Gasteiger partial charge in [0.15, 0.2) is 5.65 Å². The van der Waals surface area contributed by atoms with E-state index in [1.807, 2.05) is 0 Å². The highest BCUT2D eigenvalue weighted by molar-refractivity contribution is 6.30. The van der Waals surface area contributed by atoms with Crippen molar-refractivity contribution in [1.82, 2.24) is 14.5 Å². The second-order valence-corrected chi connectivity index (χ2v) is 6.48. The fraction of sp³-hybridized carbons (Fsp3) is 0.0526. The Morgan fingerprint density at radius 2 is 1.82 bits per heavy atom. The number of hydrogen-bond acceptors (Lipinski definition) is 6. The van der Waals surface area contributed by atoms with E-state index in [9.17, 15) is 19.5 Å². The summed E-state index contributed by atoms with van der Waals surface area (Å²) in [6, 6.07) is 10.5. The van der Waals surface area contributed by atoms with Crippen LogP contribution in [0.1, 0.15) is 5.76 Å². The molecular weight excluding hydrogens is 386 g/mol. The molecule has 8 nitrogen and oxygen atoms in total. The number of aromatic hydroxyl groups is 1. The molecule has 0 saturated heterocycles. The quantitative estimate of drug-likeness (QED) is 0.536. The van der Waals surface area contributed by atoms with Crippen LogP contribution in [-0.4, -0.2) is 19.6 Å². The summed E-state index contributed by atoms with van der Waals surface area (Å²) in [4.78, 5) is 43.4. The number of rotatable bonds is 2. The molecule has 4 rings (SSSR count). The molecule has 9 heteroatoms. The van der Waals surface area contributed by atoms with Gasteiger partial charge >= 0.3 is 11.3 Å². The van der Waals surface area contributed by atoms with Crippen molar-refractivity contribution in [2.45, 2.75) is 6.92 Å². The first kappa shape index (κ1) is 17.7. The van der Waals surface area contributed by atoms with E-state index in [2.05, 4.69) is 9.97 Å². The van der Waals surface area contributed by atoms with E-state index in [0.717, 1.165) is 0 Å². The average Bonchev–Trinajstić information content (AvgIpc) is 2.62. The maximum Gasteiger partial charge on any atom is 0.349 e. The van der Waals surface area contributed by atoms with E-state index >= 15 is 0 Å². The summed E-state index contributed by atoms with van der Waals surface area (Å²) in [5, 5.41) is 10.8. The topological polar surface area (TPSA) is 118 Å². The molecule has 4 aromatic rings. The van der Waals surface area contributed by atoms with Gasteiger partial charge in [-0.15, -0.1) is 0 Å². The van der Waals surface area contributed by atoms with Crippen molar-refractivity contribution >= 4 is 22.6 Å². The van der Waals surface area contributed by atoms with Gasteiger partial charge in [0.1, 0.15) is 17.1 Å². The SMILES string of the molecule is Cc1cc(O)c(-c2ccc3c(=O)[nH]c(=O)n(-c4ccc(Cl)cc4)c3n2)c(=O)o1. The Balaban J connectivity index is 2.08. The Morgan fingerprint density at radius 3 is 2.50 bits per heavy atom. The van der Waals surface area contributed by atoms with E-state index in [-0.39, 0.29) is 33.8 Å². The van der Waals surface area contributed by atoms with E-state index < -0.39 is 16.9 Å². The number of aromatic nitrogens is 3. The summed E-state index contributed by atoms with van der Waals surface area (Å²) in [6.07, 6.45) is 0. The van der Waals surface area contributed by atoms with Crippen LogP contribution in [0, 0.1) is 6.92 Å². The molecule has 140 valence electrons. The van der Waals surface area contributed by atoms with Crippen molar-refractivity contribution in [2.75, 3.05) is 0 Å². The lowest BCUT2D eigenvalue weighted by Gasteiger charge is -2.10. The molecule has 0 aliphatic carbocycles. The number of benzene rings is 1. The van der Waals surface area contributed by atoms with Crippen LogP contribution >= 0.6 is 11.6 Å². The first-order chi connectivity index (χ1) is 13.3. The number of nitrogens with one attached hydrogen (secondary N) is 1. The highest BCUT2D eigenvalue weighted by atomic mass is 35.5. The molecule has 1 aromatic carbocycles. The molecule has 2 N–H and O–H groups in total. The number of aromatic amines is 1. The number of halogens is 1. The van der Waals surface area contributed by atoms with Crippen molar-refractivity contribution < 1.29 is 9.52 Å². The fourth-order valence-electron chi connectivity index (χ4n) is 2.91. The van der Waals surface area contributed by atoms with Crippen LogP contribution in [0.3, 0.4) is 0 Å². The molecule has 0 fully saturated rings.